The highest BCUT2D eigenvalue weighted by Crippen LogP contribution is 2.31. The SMILES string of the molecule is Cc1nc2nc(-c3ccc(N=NN4CCN(C)CC4)cc3)cc(-c3cccc(Cl)c3)c2c(=O)[nH]1. The Hall–Kier alpha value is -3.62. The molecule has 0 amide bonds. The molecule has 172 valence electrons. The van der Waals surface area contributed by atoms with Crippen molar-refractivity contribution in [3.63, 3.8) is 0 Å². The molecule has 1 fully saturated rings. The highest BCUT2D eigenvalue weighted by Gasteiger charge is 2.15. The summed E-state index contributed by atoms with van der Waals surface area (Å²) in [6, 6.07) is 17.1. The van der Waals surface area contributed by atoms with Crippen LogP contribution in [0.4, 0.5) is 5.69 Å². The van der Waals surface area contributed by atoms with Crippen LogP contribution < -0.4 is 5.56 Å². The fourth-order valence-electron chi connectivity index (χ4n) is 3.98. The Balaban J connectivity index is 1.52. The van der Waals surface area contributed by atoms with Crippen molar-refractivity contribution < 1.29 is 0 Å². The second-order valence-electron chi connectivity index (χ2n) is 8.41. The van der Waals surface area contributed by atoms with Gasteiger partial charge in [-0.3, -0.25) is 9.80 Å². The Labute approximate surface area is 201 Å². The largest absolute Gasteiger partial charge is 0.310 e. The highest BCUT2D eigenvalue weighted by molar-refractivity contribution is 6.30. The van der Waals surface area contributed by atoms with E-state index in [-0.39, 0.29) is 5.56 Å². The highest BCUT2D eigenvalue weighted by atomic mass is 35.5. The molecule has 8 nitrogen and oxygen atoms in total. The van der Waals surface area contributed by atoms with Crippen molar-refractivity contribution in [2.45, 2.75) is 6.92 Å². The summed E-state index contributed by atoms with van der Waals surface area (Å²) in [4.78, 5) is 27.0. The average Bonchev–Trinajstić information content (AvgIpc) is 2.83. The summed E-state index contributed by atoms with van der Waals surface area (Å²) in [6.07, 6.45) is 0. The number of piperazine rings is 1. The predicted molar refractivity (Wildman–Crippen MR) is 134 cm³/mol. The van der Waals surface area contributed by atoms with Gasteiger partial charge in [0.25, 0.3) is 5.56 Å². The van der Waals surface area contributed by atoms with Gasteiger partial charge in [-0.05, 0) is 49.9 Å². The summed E-state index contributed by atoms with van der Waals surface area (Å²) in [5.41, 5.74) is 4.10. The molecular formula is C25H24ClN7O. The van der Waals surface area contributed by atoms with Crippen LogP contribution in [0.1, 0.15) is 5.82 Å². The summed E-state index contributed by atoms with van der Waals surface area (Å²) < 4.78 is 0. The first kappa shape index (κ1) is 22.2. The van der Waals surface area contributed by atoms with Crippen molar-refractivity contribution in [2.24, 2.45) is 10.3 Å². The maximum Gasteiger partial charge on any atom is 0.261 e. The van der Waals surface area contributed by atoms with Gasteiger partial charge in [-0.25, -0.2) is 9.97 Å². The molecular weight excluding hydrogens is 450 g/mol. The van der Waals surface area contributed by atoms with Crippen LogP contribution in [0.2, 0.25) is 5.02 Å². The van der Waals surface area contributed by atoms with Crippen molar-refractivity contribution in [3.8, 4) is 22.4 Å². The molecule has 0 saturated carbocycles. The van der Waals surface area contributed by atoms with Crippen LogP contribution in [0.3, 0.4) is 0 Å². The first-order valence-corrected chi connectivity index (χ1v) is 11.5. The number of aryl methyl sites for hydroxylation is 1. The van der Waals surface area contributed by atoms with E-state index in [4.69, 9.17) is 16.6 Å². The molecule has 3 heterocycles. The van der Waals surface area contributed by atoms with Crippen LogP contribution in [0.5, 0.6) is 0 Å². The van der Waals surface area contributed by atoms with Gasteiger partial charge in [0.1, 0.15) is 5.82 Å². The van der Waals surface area contributed by atoms with Gasteiger partial charge >= 0.3 is 0 Å². The quantitative estimate of drug-likeness (QED) is 0.427. The standard InChI is InChI=1S/C25H24ClN7O/c1-16-27-24-23(25(34)28-16)21(18-4-3-5-19(26)14-18)15-22(29-24)17-6-8-20(9-7-17)30-31-33-12-10-32(2)11-13-33/h3-9,14-15H,10-13H2,1-2H3,(H,27,28,29,34). The van der Waals surface area contributed by atoms with Crippen molar-refractivity contribution in [2.75, 3.05) is 33.2 Å². The van der Waals surface area contributed by atoms with Crippen LogP contribution in [-0.4, -0.2) is 58.1 Å². The number of hydrogen-bond donors (Lipinski definition) is 1. The number of aromatic amines is 1. The Bertz CT molecular complexity index is 1420. The lowest BCUT2D eigenvalue weighted by Crippen LogP contribution is -2.41. The van der Waals surface area contributed by atoms with E-state index in [0.29, 0.717) is 27.6 Å². The van der Waals surface area contributed by atoms with Crippen molar-refractivity contribution in [3.05, 3.63) is 75.8 Å². The lowest BCUT2D eigenvalue weighted by atomic mass is 10.00. The molecule has 1 N–H and O–H groups in total. The molecule has 0 bridgehead atoms. The Morgan fingerprint density at radius 1 is 0.971 bits per heavy atom. The third kappa shape index (κ3) is 4.69. The van der Waals surface area contributed by atoms with Crippen molar-refractivity contribution in [1.82, 2.24) is 24.9 Å². The van der Waals surface area contributed by atoms with E-state index in [9.17, 15) is 4.79 Å². The molecule has 1 aliphatic heterocycles. The monoisotopic (exact) mass is 473 g/mol. The van der Waals surface area contributed by atoms with Crippen LogP contribution in [0, 0.1) is 6.92 Å². The summed E-state index contributed by atoms with van der Waals surface area (Å²) >= 11 is 6.24. The van der Waals surface area contributed by atoms with Crippen LogP contribution in [0.25, 0.3) is 33.4 Å². The molecule has 0 radical (unpaired) electrons. The zero-order valence-electron chi connectivity index (χ0n) is 19.0. The first-order valence-electron chi connectivity index (χ1n) is 11.1. The molecule has 0 aliphatic carbocycles. The van der Waals surface area contributed by atoms with Gasteiger partial charge in [0.2, 0.25) is 0 Å². The lowest BCUT2D eigenvalue weighted by Gasteiger charge is -2.29. The van der Waals surface area contributed by atoms with Gasteiger partial charge in [-0.15, -0.1) is 5.11 Å². The Morgan fingerprint density at radius 2 is 1.74 bits per heavy atom. The van der Waals surface area contributed by atoms with E-state index in [1.165, 1.54) is 0 Å². The smallest absolute Gasteiger partial charge is 0.261 e. The maximum atomic E-state index is 12.8. The van der Waals surface area contributed by atoms with Gasteiger partial charge in [0.15, 0.2) is 5.65 Å². The minimum atomic E-state index is -0.226. The Morgan fingerprint density at radius 3 is 2.47 bits per heavy atom. The molecule has 0 atom stereocenters. The van der Waals surface area contributed by atoms with Gasteiger partial charge in [-0.2, -0.15) is 0 Å². The number of fused-ring (bicyclic) bond motifs is 1. The average molecular weight is 474 g/mol. The number of benzene rings is 2. The van der Waals surface area contributed by atoms with Crippen LogP contribution in [0.15, 0.2) is 69.7 Å². The lowest BCUT2D eigenvalue weighted by molar-refractivity contribution is 0.150. The Kier molecular flexibility index (Phi) is 6.08. The van der Waals surface area contributed by atoms with Gasteiger partial charge in [-0.1, -0.05) is 41.1 Å². The predicted octanol–water partition coefficient (Wildman–Crippen LogP) is 4.86. The topological polar surface area (TPSA) is 89.8 Å². The zero-order valence-corrected chi connectivity index (χ0v) is 19.8. The number of aromatic nitrogens is 3. The molecule has 9 heteroatoms. The molecule has 34 heavy (non-hydrogen) atoms. The van der Waals surface area contributed by atoms with Crippen molar-refractivity contribution in [1.29, 1.82) is 0 Å². The summed E-state index contributed by atoms with van der Waals surface area (Å²) in [7, 11) is 2.11. The van der Waals surface area contributed by atoms with E-state index in [1.807, 2.05) is 53.5 Å². The van der Waals surface area contributed by atoms with Crippen LogP contribution in [-0.2, 0) is 0 Å². The van der Waals surface area contributed by atoms with Crippen LogP contribution >= 0.6 is 11.6 Å². The van der Waals surface area contributed by atoms with E-state index in [0.717, 1.165) is 48.6 Å². The number of H-pyrrole nitrogens is 1. The molecule has 0 unspecified atom stereocenters. The number of rotatable bonds is 4. The number of halogens is 1. The third-order valence-electron chi connectivity index (χ3n) is 5.86. The molecule has 2 aromatic carbocycles. The fourth-order valence-corrected chi connectivity index (χ4v) is 4.17. The third-order valence-corrected chi connectivity index (χ3v) is 6.10. The summed E-state index contributed by atoms with van der Waals surface area (Å²) in [5.74, 6) is 0.513. The first-order chi connectivity index (χ1) is 16.5. The number of likely N-dealkylation sites (N-methyl/N-ethyl adjacent to an activating group) is 1. The van der Waals surface area contributed by atoms with Gasteiger partial charge in [0, 0.05) is 29.2 Å². The minimum absolute atomic E-state index is 0.226. The molecule has 1 aliphatic rings. The van der Waals surface area contributed by atoms with E-state index < -0.39 is 0 Å². The molecule has 4 aromatic rings. The minimum Gasteiger partial charge on any atom is -0.310 e. The second kappa shape index (κ2) is 9.32. The number of pyridine rings is 1. The molecule has 5 rings (SSSR count). The molecule has 0 spiro atoms. The fraction of sp³-hybridized carbons (Fsp3) is 0.240. The summed E-state index contributed by atoms with van der Waals surface area (Å²) in [5, 5.41) is 11.8. The normalized spacial score (nSPS) is 14.9. The van der Waals surface area contributed by atoms with E-state index in [1.54, 1.807) is 13.0 Å². The maximum absolute atomic E-state index is 12.8. The summed E-state index contributed by atoms with van der Waals surface area (Å²) in [6.45, 7) is 5.45. The molecule has 1 saturated heterocycles. The van der Waals surface area contributed by atoms with Gasteiger partial charge < -0.3 is 9.88 Å². The van der Waals surface area contributed by atoms with E-state index >= 15 is 0 Å². The number of nitrogens with zero attached hydrogens (tertiary/aromatic N) is 6. The van der Waals surface area contributed by atoms with Gasteiger partial charge in [0.05, 0.1) is 29.9 Å². The number of nitrogens with one attached hydrogen (secondary N) is 1. The van der Waals surface area contributed by atoms with E-state index in [2.05, 4.69) is 32.3 Å². The zero-order chi connectivity index (χ0) is 23.7. The number of hydrogen-bond acceptors (Lipinski definition) is 6. The molecule has 2 aromatic heterocycles. The van der Waals surface area contributed by atoms with Crippen molar-refractivity contribution >= 4 is 28.3 Å². The second-order valence-corrected chi connectivity index (χ2v) is 8.85.